The van der Waals surface area contributed by atoms with Gasteiger partial charge in [0, 0.05) is 10.0 Å². The zero-order valence-electron chi connectivity index (χ0n) is 11.4. The van der Waals surface area contributed by atoms with E-state index in [0.29, 0.717) is 11.8 Å². The van der Waals surface area contributed by atoms with Gasteiger partial charge in [-0.1, -0.05) is 34.1 Å². The lowest BCUT2D eigenvalue weighted by atomic mass is 10.2. The number of halogens is 1. The second-order valence-electron chi connectivity index (χ2n) is 4.57. The number of benzene rings is 2. The highest BCUT2D eigenvalue weighted by Crippen LogP contribution is 2.23. The van der Waals surface area contributed by atoms with Crippen molar-refractivity contribution in [2.24, 2.45) is 0 Å². The fourth-order valence-electron chi connectivity index (χ4n) is 1.92. The SMILES string of the molecule is Cc1cc(Br)ccc1OCc1nnc(-c2ccccc2)o1. The van der Waals surface area contributed by atoms with Gasteiger partial charge in [-0.25, -0.2) is 0 Å². The highest BCUT2D eigenvalue weighted by molar-refractivity contribution is 9.10. The van der Waals surface area contributed by atoms with Crippen LogP contribution in [-0.4, -0.2) is 10.2 Å². The minimum absolute atomic E-state index is 0.252. The number of hydrogen-bond acceptors (Lipinski definition) is 4. The maximum Gasteiger partial charge on any atom is 0.254 e. The second-order valence-corrected chi connectivity index (χ2v) is 5.48. The Hall–Kier alpha value is -2.14. The van der Waals surface area contributed by atoms with Crippen molar-refractivity contribution in [3.63, 3.8) is 0 Å². The van der Waals surface area contributed by atoms with Gasteiger partial charge in [0.15, 0.2) is 6.61 Å². The third kappa shape index (κ3) is 3.31. The van der Waals surface area contributed by atoms with Crippen molar-refractivity contribution in [2.45, 2.75) is 13.5 Å². The molecule has 0 bridgehead atoms. The normalized spacial score (nSPS) is 10.6. The molecule has 0 unspecified atom stereocenters. The standard InChI is InChI=1S/C16H13BrN2O2/c1-11-9-13(17)7-8-14(11)20-10-15-18-19-16(21-15)12-5-3-2-4-6-12/h2-9H,10H2,1H3. The van der Waals surface area contributed by atoms with Crippen LogP contribution in [0.1, 0.15) is 11.5 Å². The summed E-state index contributed by atoms with van der Waals surface area (Å²) in [5.74, 6) is 1.76. The van der Waals surface area contributed by atoms with Crippen molar-refractivity contribution >= 4 is 15.9 Å². The summed E-state index contributed by atoms with van der Waals surface area (Å²) in [6, 6.07) is 15.5. The Morgan fingerprint density at radius 1 is 1.10 bits per heavy atom. The molecule has 21 heavy (non-hydrogen) atoms. The molecule has 0 saturated heterocycles. The molecule has 3 rings (SSSR count). The topological polar surface area (TPSA) is 48.2 Å². The Kier molecular flexibility index (Phi) is 4.01. The van der Waals surface area contributed by atoms with Crippen LogP contribution in [0.15, 0.2) is 57.4 Å². The number of ether oxygens (including phenoxy) is 1. The quantitative estimate of drug-likeness (QED) is 0.704. The van der Waals surface area contributed by atoms with Gasteiger partial charge < -0.3 is 9.15 Å². The first kappa shape index (κ1) is 13.8. The summed E-state index contributed by atoms with van der Waals surface area (Å²) in [4.78, 5) is 0. The molecule has 0 aliphatic carbocycles. The van der Waals surface area contributed by atoms with E-state index >= 15 is 0 Å². The summed E-state index contributed by atoms with van der Waals surface area (Å²) in [5.41, 5.74) is 1.95. The molecule has 0 N–H and O–H groups in total. The molecule has 0 atom stereocenters. The molecule has 0 radical (unpaired) electrons. The fourth-order valence-corrected chi connectivity index (χ4v) is 2.40. The van der Waals surface area contributed by atoms with E-state index in [-0.39, 0.29) is 6.61 Å². The minimum atomic E-state index is 0.252. The summed E-state index contributed by atoms with van der Waals surface area (Å²) >= 11 is 3.43. The van der Waals surface area contributed by atoms with Crippen molar-refractivity contribution in [1.29, 1.82) is 0 Å². The third-order valence-electron chi connectivity index (χ3n) is 2.98. The lowest BCUT2D eigenvalue weighted by Crippen LogP contribution is -1.97. The van der Waals surface area contributed by atoms with Crippen molar-refractivity contribution in [3.05, 3.63) is 64.5 Å². The van der Waals surface area contributed by atoms with Crippen molar-refractivity contribution in [1.82, 2.24) is 10.2 Å². The highest BCUT2D eigenvalue weighted by atomic mass is 79.9. The van der Waals surface area contributed by atoms with Crippen LogP contribution in [0.3, 0.4) is 0 Å². The lowest BCUT2D eigenvalue weighted by molar-refractivity contribution is 0.263. The molecule has 4 nitrogen and oxygen atoms in total. The summed E-state index contributed by atoms with van der Waals surface area (Å²) in [6.45, 7) is 2.24. The molecule has 0 amide bonds. The van der Waals surface area contributed by atoms with Gasteiger partial charge in [-0.15, -0.1) is 10.2 Å². The smallest absolute Gasteiger partial charge is 0.254 e. The number of aryl methyl sites for hydroxylation is 1. The van der Waals surface area contributed by atoms with Gasteiger partial charge in [-0.05, 0) is 42.8 Å². The molecule has 0 saturated carbocycles. The predicted octanol–water partition coefficient (Wildman–Crippen LogP) is 4.39. The monoisotopic (exact) mass is 344 g/mol. The third-order valence-corrected chi connectivity index (χ3v) is 3.47. The number of rotatable bonds is 4. The Balaban J connectivity index is 1.70. The van der Waals surface area contributed by atoms with Gasteiger partial charge in [0.1, 0.15) is 5.75 Å². The van der Waals surface area contributed by atoms with Gasteiger partial charge in [-0.2, -0.15) is 0 Å². The van der Waals surface area contributed by atoms with Crippen LogP contribution >= 0.6 is 15.9 Å². The number of hydrogen-bond donors (Lipinski definition) is 0. The van der Waals surface area contributed by atoms with Gasteiger partial charge >= 0.3 is 0 Å². The first-order chi connectivity index (χ1) is 10.2. The van der Waals surface area contributed by atoms with E-state index in [2.05, 4.69) is 26.1 Å². The van der Waals surface area contributed by atoms with Gasteiger partial charge in [-0.3, -0.25) is 0 Å². The first-order valence-corrected chi connectivity index (χ1v) is 7.28. The van der Waals surface area contributed by atoms with E-state index in [1.807, 2.05) is 55.5 Å². The largest absolute Gasteiger partial charge is 0.484 e. The van der Waals surface area contributed by atoms with Crippen LogP contribution in [0.5, 0.6) is 5.75 Å². The van der Waals surface area contributed by atoms with E-state index in [4.69, 9.17) is 9.15 Å². The number of nitrogens with zero attached hydrogens (tertiary/aromatic N) is 2. The Morgan fingerprint density at radius 2 is 1.90 bits per heavy atom. The lowest BCUT2D eigenvalue weighted by Gasteiger charge is -2.06. The van der Waals surface area contributed by atoms with Crippen LogP contribution in [0.4, 0.5) is 0 Å². The van der Waals surface area contributed by atoms with E-state index < -0.39 is 0 Å². The van der Waals surface area contributed by atoms with E-state index in [1.165, 1.54) is 0 Å². The van der Waals surface area contributed by atoms with Crippen LogP contribution < -0.4 is 4.74 Å². The molecule has 0 spiro atoms. The average Bonchev–Trinajstić information content (AvgIpc) is 2.96. The molecule has 106 valence electrons. The maximum absolute atomic E-state index is 5.71. The maximum atomic E-state index is 5.71. The number of aromatic nitrogens is 2. The van der Waals surface area contributed by atoms with Gasteiger partial charge in [0.05, 0.1) is 0 Å². The Bertz CT molecular complexity index is 741. The van der Waals surface area contributed by atoms with E-state index in [0.717, 1.165) is 21.3 Å². The van der Waals surface area contributed by atoms with Gasteiger partial charge in [0.25, 0.3) is 5.89 Å². The van der Waals surface area contributed by atoms with Crippen molar-refractivity contribution < 1.29 is 9.15 Å². The molecular formula is C16H13BrN2O2. The van der Waals surface area contributed by atoms with E-state index in [9.17, 15) is 0 Å². The minimum Gasteiger partial charge on any atom is -0.484 e. The van der Waals surface area contributed by atoms with Crippen molar-refractivity contribution in [2.75, 3.05) is 0 Å². The second kappa shape index (κ2) is 6.10. The van der Waals surface area contributed by atoms with E-state index in [1.54, 1.807) is 0 Å². The van der Waals surface area contributed by atoms with Gasteiger partial charge in [0.2, 0.25) is 5.89 Å². The summed E-state index contributed by atoms with van der Waals surface area (Å²) < 4.78 is 12.3. The highest BCUT2D eigenvalue weighted by Gasteiger charge is 2.09. The molecule has 0 aliphatic heterocycles. The zero-order valence-corrected chi connectivity index (χ0v) is 13.0. The molecule has 5 heteroatoms. The summed E-state index contributed by atoms with van der Waals surface area (Å²) in [5, 5.41) is 8.04. The molecule has 0 aliphatic rings. The summed E-state index contributed by atoms with van der Waals surface area (Å²) in [7, 11) is 0. The fraction of sp³-hybridized carbons (Fsp3) is 0.125. The van der Waals surface area contributed by atoms with Crippen molar-refractivity contribution in [3.8, 4) is 17.2 Å². The molecule has 0 fully saturated rings. The molecular weight excluding hydrogens is 332 g/mol. The zero-order chi connectivity index (χ0) is 14.7. The predicted molar refractivity (Wildman–Crippen MR) is 82.9 cm³/mol. The molecule has 3 aromatic rings. The van der Waals surface area contributed by atoms with Crippen LogP contribution in [0, 0.1) is 6.92 Å². The summed E-state index contributed by atoms with van der Waals surface area (Å²) in [6.07, 6.45) is 0. The molecule has 1 heterocycles. The Labute approximate surface area is 130 Å². The van der Waals surface area contributed by atoms with Crippen LogP contribution in [-0.2, 0) is 6.61 Å². The Morgan fingerprint density at radius 3 is 2.67 bits per heavy atom. The molecule has 1 aromatic heterocycles. The molecule has 2 aromatic carbocycles. The first-order valence-electron chi connectivity index (χ1n) is 6.49. The van der Waals surface area contributed by atoms with Crippen LogP contribution in [0.2, 0.25) is 0 Å². The van der Waals surface area contributed by atoms with Crippen LogP contribution in [0.25, 0.3) is 11.5 Å². The average molecular weight is 345 g/mol.